The van der Waals surface area contributed by atoms with Gasteiger partial charge in [-0.15, -0.1) is 0 Å². The summed E-state index contributed by atoms with van der Waals surface area (Å²) in [7, 11) is 1.32. The summed E-state index contributed by atoms with van der Waals surface area (Å²) in [6.45, 7) is 0. The Kier molecular flexibility index (Phi) is 2.65. The van der Waals surface area contributed by atoms with E-state index in [9.17, 15) is 4.39 Å². The SMILES string of the molecule is COc1cc(Cl)c(N)c(Cl)c1F. The number of rotatable bonds is 1. The van der Waals surface area contributed by atoms with Gasteiger partial charge < -0.3 is 10.5 Å². The Morgan fingerprint density at radius 1 is 1.50 bits per heavy atom. The van der Waals surface area contributed by atoms with E-state index in [4.69, 9.17) is 28.9 Å². The molecule has 66 valence electrons. The van der Waals surface area contributed by atoms with E-state index in [-0.39, 0.29) is 21.5 Å². The minimum Gasteiger partial charge on any atom is -0.494 e. The fourth-order valence-corrected chi connectivity index (χ4v) is 1.17. The van der Waals surface area contributed by atoms with E-state index in [0.29, 0.717) is 0 Å². The molecule has 0 saturated heterocycles. The van der Waals surface area contributed by atoms with Crippen molar-refractivity contribution in [1.82, 2.24) is 0 Å². The average Bonchev–Trinajstić information content (AvgIpc) is 2.08. The highest BCUT2D eigenvalue weighted by Gasteiger charge is 2.13. The van der Waals surface area contributed by atoms with Gasteiger partial charge in [0, 0.05) is 6.07 Å². The summed E-state index contributed by atoms with van der Waals surface area (Å²) in [5, 5.41) is -0.0300. The number of hydrogen-bond donors (Lipinski definition) is 1. The lowest BCUT2D eigenvalue weighted by Gasteiger charge is -2.06. The summed E-state index contributed by atoms with van der Waals surface area (Å²) >= 11 is 11.1. The Bertz CT molecular complexity index is 317. The van der Waals surface area contributed by atoms with Crippen LogP contribution in [0.5, 0.6) is 5.75 Å². The first-order valence-electron chi connectivity index (χ1n) is 3.05. The maximum Gasteiger partial charge on any atom is 0.185 e. The highest BCUT2D eigenvalue weighted by atomic mass is 35.5. The molecule has 0 spiro atoms. The van der Waals surface area contributed by atoms with Crippen molar-refractivity contribution in [1.29, 1.82) is 0 Å². The molecule has 0 saturated carbocycles. The second kappa shape index (κ2) is 3.37. The molecule has 1 aromatic carbocycles. The Labute approximate surface area is 79.0 Å². The Morgan fingerprint density at radius 3 is 2.58 bits per heavy atom. The first-order valence-corrected chi connectivity index (χ1v) is 3.80. The molecule has 0 bridgehead atoms. The van der Waals surface area contributed by atoms with Gasteiger partial charge in [0.05, 0.1) is 17.8 Å². The number of ether oxygens (including phenoxy) is 1. The second-order valence-corrected chi connectivity index (χ2v) is 2.89. The summed E-state index contributed by atoms with van der Waals surface area (Å²) in [5.74, 6) is -0.708. The van der Waals surface area contributed by atoms with Crippen molar-refractivity contribution in [3.63, 3.8) is 0 Å². The predicted molar refractivity (Wildman–Crippen MR) is 47.4 cm³/mol. The molecule has 0 radical (unpaired) electrons. The van der Waals surface area contributed by atoms with Crippen LogP contribution in [0.4, 0.5) is 10.1 Å². The first-order chi connectivity index (χ1) is 5.57. The van der Waals surface area contributed by atoms with Crippen molar-refractivity contribution < 1.29 is 9.13 Å². The number of nitrogens with two attached hydrogens (primary N) is 1. The molecular weight excluding hydrogens is 204 g/mol. The smallest absolute Gasteiger partial charge is 0.185 e. The van der Waals surface area contributed by atoms with Crippen molar-refractivity contribution in [2.75, 3.05) is 12.8 Å². The van der Waals surface area contributed by atoms with Crippen LogP contribution in [-0.4, -0.2) is 7.11 Å². The molecule has 0 atom stereocenters. The number of hydrogen-bond acceptors (Lipinski definition) is 2. The van der Waals surface area contributed by atoms with Crippen LogP contribution >= 0.6 is 23.2 Å². The predicted octanol–water partition coefficient (Wildman–Crippen LogP) is 2.72. The molecule has 1 rings (SSSR count). The van der Waals surface area contributed by atoms with E-state index in [1.165, 1.54) is 13.2 Å². The van der Waals surface area contributed by atoms with Crippen molar-refractivity contribution in [3.8, 4) is 5.75 Å². The molecule has 0 aliphatic heterocycles. The Balaban J connectivity index is 3.39. The number of methoxy groups -OCH3 is 1. The molecule has 0 unspecified atom stereocenters. The number of halogens is 3. The molecule has 1 aromatic rings. The fraction of sp³-hybridized carbons (Fsp3) is 0.143. The first kappa shape index (κ1) is 9.42. The Hall–Kier alpha value is -0.670. The standard InChI is InChI=1S/C7H6Cl2FNO/c1-12-4-2-3(8)7(11)5(9)6(4)10/h2H,11H2,1H3. The van der Waals surface area contributed by atoms with Gasteiger partial charge >= 0.3 is 0 Å². The van der Waals surface area contributed by atoms with E-state index in [2.05, 4.69) is 4.74 Å². The lowest BCUT2D eigenvalue weighted by molar-refractivity contribution is 0.387. The van der Waals surface area contributed by atoms with E-state index >= 15 is 0 Å². The normalized spacial score (nSPS) is 10.0. The quantitative estimate of drug-likeness (QED) is 0.571. The van der Waals surface area contributed by atoms with Gasteiger partial charge in [0.2, 0.25) is 0 Å². The average molecular weight is 210 g/mol. The highest BCUT2D eigenvalue weighted by molar-refractivity contribution is 6.39. The molecule has 0 aliphatic carbocycles. The Morgan fingerprint density at radius 2 is 2.08 bits per heavy atom. The van der Waals surface area contributed by atoms with Crippen molar-refractivity contribution >= 4 is 28.9 Å². The van der Waals surface area contributed by atoms with E-state index in [0.717, 1.165) is 0 Å². The molecule has 0 aromatic heterocycles. The van der Waals surface area contributed by atoms with Crippen LogP contribution in [-0.2, 0) is 0 Å². The number of nitrogen functional groups attached to an aromatic ring is 1. The largest absolute Gasteiger partial charge is 0.494 e. The van der Waals surface area contributed by atoms with Crippen LogP contribution < -0.4 is 10.5 Å². The molecule has 5 heteroatoms. The van der Waals surface area contributed by atoms with Crippen molar-refractivity contribution in [2.45, 2.75) is 0 Å². The molecule has 0 amide bonds. The van der Waals surface area contributed by atoms with E-state index in [1.807, 2.05) is 0 Å². The maximum absolute atomic E-state index is 13.0. The zero-order valence-corrected chi connectivity index (χ0v) is 7.71. The van der Waals surface area contributed by atoms with Crippen LogP contribution in [0.1, 0.15) is 0 Å². The summed E-state index contributed by atoms with van der Waals surface area (Å²) in [5.41, 5.74) is 5.37. The third-order valence-electron chi connectivity index (χ3n) is 1.38. The minimum absolute atomic E-state index is 0.0146. The lowest BCUT2D eigenvalue weighted by atomic mass is 10.3. The summed E-state index contributed by atoms with van der Waals surface area (Å²) in [4.78, 5) is 0. The molecule has 12 heavy (non-hydrogen) atoms. The van der Waals surface area contributed by atoms with Crippen LogP contribution in [0.2, 0.25) is 10.0 Å². The van der Waals surface area contributed by atoms with Crippen LogP contribution in [0.25, 0.3) is 0 Å². The summed E-state index contributed by atoms with van der Waals surface area (Å²) in [6, 6.07) is 1.28. The molecule has 0 aliphatic rings. The van der Waals surface area contributed by atoms with Crippen LogP contribution in [0.15, 0.2) is 6.07 Å². The van der Waals surface area contributed by atoms with Gasteiger partial charge in [0.15, 0.2) is 11.6 Å². The van der Waals surface area contributed by atoms with Crippen LogP contribution in [0.3, 0.4) is 0 Å². The topological polar surface area (TPSA) is 35.2 Å². The van der Waals surface area contributed by atoms with Gasteiger partial charge in [0.1, 0.15) is 5.02 Å². The second-order valence-electron chi connectivity index (χ2n) is 2.10. The summed E-state index contributed by atoms with van der Waals surface area (Å²) in [6.07, 6.45) is 0. The van der Waals surface area contributed by atoms with E-state index < -0.39 is 5.82 Å². The van der Waals surface area contributed by atoms with Gasteiger partial charge in [-0.2, -0.15) is 0 Å². The van der Waals surface area contributed by atoms with Gasteiger partial charge in [-0.1, -0.05) is 23.2 Å². The van der Waals surface area contributed by atoms with Crippen LogP contribution in [0, 0.1) is 5.82 Å². The van der Waals surface area contributed by atoms with Crippen molar-refractivity contribution in [3.05, 3.63) is 21.9 Å². The van der Waals surface area contributed by atoms with Crippen molar-refractivity contribution in [2.24, 2.45) is 0 Å². The van der Waals surface area contributed by atoms with Gasteiger partial charge in [-0.3, -0.25) is 0 Å². The molecule has 0 heterocycles. The van der Waals surface area contributed by atoms with Gasteiger partial charge in [0.25, 0.3) is 0 Å². The van der Waals surface area contributed by atoms with Gasteiger partial charge in [-0.05, 0) is 0 Å². The third kappa shape index (κ3) is 1.42. The monoisotopic (exact) mass is 209 g/mol. The summed E-state index contributed by atoms with van der Waals surface area (Å²) < 4.78 is 17.7. The maximum atomic E-state index is 13.0. The number of anilines is 1. The minimum atomic E-state index is -0.693. The number of benzene rings is 1. The zero-order chi connectivity index (χ0) is 9.30. The van der Waals surface area contributed by atoms with E-state index in [1.54, 1.807) is 0 Å². The molecule has 0 fully saturated rings. The third-order valence-corrected chi connectivity index (χ3v) is 2.06. The highest BCUT2D eigenvalue weighted by Crippen LogP contribution is 2.35. The lowest BCUT2D eigenvalue weighted by Crippen LogP contribution is -1.95. The molecule has 2 N–H and O–H groups in total. The molecule has 2 nitrogen and oxygen atoms in total. The van der Waals surface area contributed by atoms with Gasteiger partial charge in [-0.25, -0.2) is 4.39 Å². The zero-order valence-electron chi connectivity index (χ0n) is 6.20. The molecular formula is C7H6Cl2FNO. The fourth-order valence-electron chi connectivity index (χ4n) is 0.736.